The summed E-state index contributed by atoms with van der Waals surface area (Å²) in [4.78, 5) is 17.6. The number of hydrogen-bond acceptors (Lipinski definition) is 4. The number of nitrogens with zero attached hydrogens (tertiary/aromatic N) is 2. The topological polar surface area (TPSA) is 85.2 Å². The van der Waals surface area contributed by atoms with E-state index in [1.807, 2.05) is 6.92 Å². The second kappa shape index (κ2) is 5.77. The molecule has 4 N–H and O–H groups in total. The molecule has 0 radical (unpaired) electrons. The van der Waals surface area contributed by atoms with Gasteiger partial charge < -0.3 is 16.4 Å². The first-order valence-electron chi connectivity index (χ1n) is 6.43. The highest BCUT2D eigenvalue weighted by Crippen LogP contribution is 2.33. The van der Waals surface area contributed by atoms with Crippen LogP contribution in [0, 0.1) is 12.8 Å². The molecule has 1 amide bonds. The van der Waals surface area contributed by atoms with Crippen LogP contribution in [0.3, 0.4) is 0 Å². The first kappa shape index (κ1) is 14.1. The van der Waals surface area contributed by atoms with Crippen LogP contribution in [0.5, 0.6) is 0 Å². The van der Waals surface area contributed by atoms with Crippen LogP contribution < -0.4 is 16.4 Å². The molecule has 19 heavy (non-hydrogen) atoms. The average Bonchev–Trinajstić information content (AvgIpc) is 2.37. The van der Waals surface area contributed by atoms with E-state index in [4.69, 9.17) is 11.5 Å². The van der Waals surface area contributed by atoms with Crippen LogP contribution in [0.25, 0.3) is 0 Å². The fourth-order valence-corrected chi connectivity index (χ4v) is 3.01. The molecule has 0 bridgehead atoms. The number of amides is 1. The normalized spacial score (nSPS) is 16.6. The molecule has 104 valence electrons. The van der Waals surface area contributed by atoms with Crippen LogP contribution in [0.4, 0.5) is 11.5 Å². The average molecular weight is 327 g/mol. The van der Waals surface area contributed by atoms with Crippen molar-refractivity contribution in [1.29, 1.82) is 0 Å². The van der Waals surface area contributed by atoms with Crippen molar-refractivity contribution in [3.05, 3.63) is 16.2 Å². The van der Waals surface area contributed by atoms with Crippen molar-refractivity contribution in [3.63, 3.8) is 0 Å². The van der Waals surface area contributed by atoms with Crippen LogP contribution in [-0.4, -0.2) is 24.0 Å². The van der Waals surface area contributed by atoms with Crippen LogP contribution in [-0.2, 0) is 4.79 Å². The van der Waals surface area contributed by atoms with E-state index in [1.54, 1.807) is 6.20 Å². The molecule has 2 rings (SSSR count). The molecule has 0 aromatic carbocycles. The molecule has 0 saturated carbocycles. The Morgan fingerprint density at radius 3 is 2.74 bits per heavy atom. The summed E-state index contributed by atoms with van der Waals surface area (Å²) in [5, 5.41) is 0. The van der Waals surface area contributed by atoms with Gasteiger partial charge in [0.2, 0.25) is 5.91 Å². The third-order valence-electron chi connectivity index (χ3n) is 3.69. The molecule has 1 aromatic rings. The highest BCUT2D eigenvalue weighted by Gasteiger charge is 2.23. The van der Waals surface area contributed by atoms with Gasteiger partial charge in [0, 0.05) is 19.5 Å². The van der Waals surface area contributed by atoms with E-state index in [1.165, 1.54) is 0 Å². The van der Waals surface area contributed by atoms with Gasteiger partial charge in [-0.3, -0.25) is 4.79 Å². The number of halogens is 1. The standard InChI is InChI=1S/C13H19BrN4O/c1-8-10(15)7-17-13(12(8)14)18-4-2-9(3-5-18)6-11(16)19/h7,9H,2-6,15H2,1H3,(H2,16,19). The Kier molecular flexibility index (Phi) is 4.29. The number of primary amides is 1. The van der Waals surface area contributed by atoms with Crippen molar-refractivity contribution in [1.82, 2.24) is 4.98 Å². The number of anilines is 2. The molecule has 0 spiro atoms. The zero-order chi connectivity index (χ0) is 14.0. The van der Waals surface area contributed by atoms with E-state index in [2.05, 4.69) is 25.8 Å². The van der Waals surface area contributed by atoms with Gasteiger partial charge in [0.1, 0.15) is 5.82 Å². The van der Waals surface area contributed by atoms with Gasteiger partial charge in [0.25, 0.3) is 0 Å². The number of nitrogens with two attached hydrogens (primary N) is 2. The molecule has 1 fully saturated rings. The summed E-state index contributed by atoms with van der Waals surface area (Å²) in [6.07, 6.45) is 4.13. The third kappa shape index (κ3) is 3.18. The lowest BCUT2D eigenvalue weighted by Crippen LogP contribution is -2.35. The zero-order valence-electron chi connectivity index (χ0n) is 11.0. The first-order valence-corrected chi connectivity index (χ1v) is 7.22. The molecule has 0 atom stereocenters. The fourth-order valence-electron chi connectivity index (χ4n) is 2.43. The first-order chi connectivity index (χ1) is 8.99. The van der Waals surface area contributed by atoms with Gasteiger partial charge in [0.05, 0.1) is 16.4 Å². The minimum Gasteiger partial charge on any atom is -0.397 e. The van der Waals surface area contributed by atoms with Crippen molar-refractivity contribution in [2.75, 3.05) is 23.7 Å². The Bertz CT molecular complexity index is 484. The second-order valence-corrected chi connectivity index (χ2v) is 5.87. The fraction of sp³-hybridized carbons (Fsp3) is 0.538. The summed E-state index contributed by atoms with van der Waals surface area (Å²) in [5.41, 5.74) is 12.8. The molecule has 5 nitrogen and oxygen atoms in total. The predicted octanol–water partition coefficient (Wildman–Crippen LogP) is 1.83. The maximum Gasteiger partial charge on any atom is 0.217 e. The van der Waals surface area contributed by atoms with Crippen molar-refractivity contribution in [3.8, 4) is 0 Å². The summed E-state index contributed by atoms with van der Waals surface area (Å²) in [6.45, 7) is 3.77. The van der Waals surface area contributed by atoms with Gasteiger partial charge >= 0.3 is 0 Å². The molecular weight excluding hydrogens is 308 g/mol. The van der Waals surface area contributed by atoms with Gasteiger partial charge in [-0.2, -0.15) is 0 Å². The Balaban J connectivity index is 2.06. The Labute approximate surface area is 121 Å². The monoisotopic (exact) mass is 326 g/mol. The summed E-state index contributed by atoms with van der Waals surface area (Å²) >= 11 is 3.56. The van der Waals surface area contributed by atoms with Crippen molar-refractivity contribution in [2.45, 2.75) is 26.2 Å². The summed E-state index contributed by atoms with van der Waals surface area (Å²) in [6, 6.07) is 0. The minimum absolute atomic E-state index is 0.207. The number of nitrogen functional groups attached to an aromatic ring is 1. The number of pyridine rings is 1. The largest absolute Gasteiger partial charge is 0.397 e. The zero-order valence-corrected chi connectivity index (χ0v) is 12.6. The third-order valence-corrected chi connectivity index (χ3v) is 4.64. The lowest BCUT2D eigenvalue weighted by molar-refractivity contribution is -0.119. The molecule has 2 heterocycles. The molecule has 1 saturated heterocycles. The summed E-state index contributed by atoms with van der Waals surface area (Å²) in [7, 11) is 0. The Morgan fingerprint density at radius 2 is 2.16 bits per heavy atom. The van der Waals surface area contributed by atoms with E-state index in [-0.39, 0.29) is 5.91 Å². The molecule has 1 aliphatic heterocycles. The minimum atomic E-state index is -0.207. The highest BCUT2D eigenvalue weighted by atomic mass is 79.9. The summed E-state index contributed by atoms with van der Waals surface area (Å²) < 4.78 is 0.959. The smallest absolute Gasteiger partial charge is 0.217 e. The van der Waals surface area contributed by atoms with Crippen LogP contribution >= 0.6 is 15.9 Å². The lowest BCUT2D eigenvalue weighted by atomic mass is 9.93. The molecule has 0 unspecified atom stereocenters. The molecule has 0 aliphatic carbocycles. The van der Waals surface area contributed by atoms with Crippen molar-refractivity contribution < 1.29 is 4.79 Å². The van der Waals surface area contributed by atoms with Crippen LogP contribution in [0.1, 0.15) is 24.8 Å². The SMILES string of the molecule is Cc1c(N)cnc(N2CCC(CC(N)=O)CC2)c1Br. The van der Waals surface area contributed by atoms with Gasteiger partial charge in [-0.1, -0.05) is 0 Å². The molecular formula is C13H19BrN4O. The van der Waals surface area contributed by atoms with E-state index in [9.17, 15) is 4.79 Å². The van der Waals surface area contributed by atoms with E-state index in [0.29, 0.717) is 18.0 Å². The number of carbonyl (C=O) groups excluding carboxylic acids is 1. The van der Waals surface area contributed by atoms with E-state index < -0.39 is 0 Å². The van der Waals surface area contributed by atoms with Gasteiger partial charge in [0.15, 0.2) is 0 Å². The number of aromatic nitrogens is 1. The van der Waals surface area contributed by atoms with E-state index >= 15 is 0 Å². The van der Waals surface area contributed by atoms with Crippen molar-refractivity contribution >= 4 is 33.3 Å². The quantitative estimate of drug-likeness (QED) is 0.887. The lowest BCUT2D eigenvalue weighted by Gasteiger charge is -2.33. The van der Waals surface area contributed by atoms with Gasteiger partial charge in [-0.25, -0.2) is 4.98 Å². The number of hydrogen-bond donors (Lipinski definition) is 2. The maximum absolute atomic E-state index is 10.9. The second-order valence-electron chi connectivity index (χ2n) is 5.08. The Morgan fingerprint density at radius 1 is 1.53 bits per heavy atom. The molecule has 1 aromatic heterocycles. The van der Waals surface area contributed by atoms with Gasteiger partial charge in [-0.05, 0) is 47.2 Å². The van der Waals surface area contributed by atoms with Gasteiger partial charge in [-0.15, -0.1) is 0 Å². The Hall–Kier alpha value is -1.30. The highest BCUT2D eigenvalue weighted by molar-refractivity contribution is 9.10. The number of piperidine rings is 1. The molecule has 6 heteroatoms. The van der Waals surface area contributed by atoms with Crippen molar-refractivity contribution in [2.24, 2.45) is 11.7 Å². The number of carbonyl (C=O) groups is 1. The van der Waals surface area contributed by atoms with Crippen LogP contribution in [0.2, 0.25) is 0 Å². The van der Waals surface area contributed by atoms with Crippen LogP contribution in [0.15, 0.2) is 10.7 Å². The number of rotatable bonds is 3. The van der Waals surface area contributed by atoms with E-state index in [0.717, 1.165) is 41.8 Å². The predicted molar refractivity (Wildman–Crippen MR) is 79.8 cm³/mol. The summed E-state index contributed by atoms with van der Waals surface area (Å²) in [5.74, 6) is 1.13. The maximum atomic E-state index is 10.9. The molecule has 1 aliphatic rings.